The Kier molecular flexibility index (Phi) is 8.43. The summed E-state index contributed by atoms with van der Waals surface area (Å²) in [5, 5.41) is 13.7. The molecule has 0 unspecified atom stereocenters. The Morgan fingerprint density at radius 2 is 2.03 bits per heavy atom. The lowest BCUT2D eigenvalue weighted by Gasteiger charge is -2.14. The minimum absolute atomic E-state index is 0.0800. The monoisotopic (exact) mass is 537 g/mol. The first-order valence-corrected chi connectivity index (χ1v) is 11.8. The van der Waals surface area contributed by atoms with Gasteiger partial charge in [0.25, 0.3) is 5.91 Å². The number of aryl methyl sites for hydroxylation is 3. The maximum absolute atomic E-state index is 12.3. The Labute approximate surface area is 213 Å². The first-order valence-electron chi connectivity index (χ1n) is 11.0. The molecule has 1 amide bonds. The van der Waals surface area contributed by atoms with Gasteiger partial charge in [-0.25, -0.2) is 10.4 Å². The second-order valence-corrected chi connectivity index (χ2v) is 8.97. The van der Waals surface area contributed by atoms with Crippen LogP contribution in [0.3, 0.4) is 0 Å². The number of nitrogens with one attached hydrogen (secondary N) is 1. The summed E-state index contributed by atoms with van der Waals surface area (Å²) in [6, 6.07) is 10.3. The number of rotatable bonds is 8. The van der Waals surface area contributed by atoms with Crippen molar-refractivity contribution in [2.45, 2.75) is 41.2 Å². The van der Waals surface area contributed by atoms with E-state index in [1.54, 1.807) is 13.1 Å². The smallest absolute Gasteiger partial charge is 0.278 e. The van der Waals surface area contributed by atoms with E-state index in [1.165, 1.54) is 18.2 Å². The standard InChI is InChI=1S/C26H28BrN5O3/c1-15-8-7-9-23(17(15)3)32-16(2)10-20(19(32)5)12-29-31-24(33)14-35-26-21(11-28)22(13-34-6)25(27)18(4)30-26/h7-10,12H,13-14H2,1-6H3,(H,31,33)/b29-12-. The van der Waals surface area contributed by atoms with Crippen molar-refractivity contribution < 1.29 is 14.3 Å². The van der Waals surface area contributed by atoms with Crippen molar-refractivity contribution in [2.75, 3.05) is 13.7 Å². The van der Waals surface area contributed by atoms with E-state index in [1.807, 2.05) is 26.0 Å². The molecule has 0 saturated carbocycles. The third-order valence-corrected chi connectivity index (χ3v) is 6.84. The van der Waals surface area contributed by atoms with Crippen molar-refractivity contribution in [1.82, 2.24) is 15.0 Å². The topological polar surface area (TPSA) is 102 Å². The molecule has 3 aromatic rings. The number of hydrazone groups is 1. The Bertz CT molecular complexity index is 1340. The first kappa shape index (κ1) is 26.1. The summed E-state index contributed by atoms with van der Waals surface area (Å²) in [6.07, 6.45) is 1.61. The van der Waals surface area contributed by atoms with Gasteiger partial charge in [-0.1, -0.05) is 12.1 Å². The first-order chi connectivity index (χ1) is 16.7. The number of amides is 1. The zero-order valence-corrected chi connectivity index (χ0v) is 22.3. The number of pyridine rings is 1. The van der Waals surface area contributed by atoms with Gasteiger partial charge < -0.3 is 14.0 Å². The van der Waals surface area contributed by atoms with Crippen molar-refractivity contribution in [3.8, 4) is 17.6 Å². The van der Waals surface area contributed by atoms with Crippen LogP contribution in [0.15, 0.2) is 33.8 Å². The molecule has 0 fully saturated rings. The highest BCUT2D eigenvalue weighted by atomic mass is 79.9. The lowest BCUT2D eigenvalue weighted by Crippen LogP contribution is -2.25. The minimum Gasteiger partial charge on any atom is -0.467 e. The molecule has 35 heavy (non-hydrogen) atoms. The number of carbonyl (C=O) groups is 1. The number of halogens is 1. The number of aromatic nitrogens is 2. The summed E-state index contributed by atoms with van der Waals surface area (Å²) in [5.41, 5.74) is 10.5. The van der Waals surface area contributed by atoms with Crippen molar-refractivity contribution in [3.63, 3.8) is 0 Å². The molecule has 0 spiro atoms. The molecular weight excluding hydrogens is 510 g/mol. The SMILES string of the molecule is COCc1c(Br)c(C)nc(OCC(=O)N/N=C\c2cc(C)n(-c3cccc(C)c3C)c2C)c1C#N. The fourth-order valence-electron chi connectivity index (χ4n) is 3.82. The molecule has 0 atom stereocenters. The van der Waals surface area contributed by atoms with Gasteiger partial charge in [0.15, 0.2) is 6.61 Å². The molecule has 1 aromatic carbocycles. The Morgan fingerprint density at radius 1 is 1.29 bits per heavy atom. The maximum Gasteiger partial charge on any atom is 0.278 e. The lowest BCUT2D eigenvalue weighted by molar-refractivity contribution is -0.123. The molecule has 2 heterocycles. The molecule has 0 aliphatic heterocycles. The molecule has 0 radical (unpaired) electrons. The molecule has 182 valence electrons. The Balaban J connectivity index is 1.71. The van der Waals surface area contributed by atoms with Gasteiger partial charge in [-0.3, -0.25) is 4.79 Å². The number of hydrogen-bond donors (Lipinski definition) is 1. The van der Waals surface area contributed by atoms with Gasteiger partial charge in [0.05, 0.1) is 18.5 Å². The van der Waals surface area contributed by atoms with Crippen LogP contribution >= 0.6 is 15.9 Å². The number of nitriles is 1. The van der Waals surface area contributed by atoms with E-state index in [0.717, 1.165) is 22.6 Å². The van der Waals surface area contributed by atoms with Gasteiger partial charge in [0.2, 0.25) is 5.88 Å². The number of carbonyl (C=O) groups excluding carboxylic acids is 1. The van der Waals surface area contributed by atoms with Gasteiger partial charge in [-0.05, 0) is 73.8 Å². The van der Waals surface area contributed by atoms with Crippen LogP contribution in [0.25, 0.3) is 5.69 Å². The van der Waals surface area contributed by atoms with Crippen LogP contribution < -0.4 is 10.2 Å². The lowest BCUT2D eigenvalue weighted by atomic mass is 10.1. The fraction of sp³-hybridized carbons (Fsp3) is 0.308. The van der Waals surface area contributed by atoms with Gasteiger partial charge in [0.1, 0.15) is 11.6 Å². The quantitative estimate of drug-likeness (QED) is 0.330. The zero-order valence-electron chi connectivity index (χ0n) is 20.7. The third-order valence-electron chi connectivity index (χ3n) is 5.79. The van der Waals surface area contributed by atoms with E-state index in [-0.39, 0.29) is 24.7 Å². The molecule has 0 bridgehead atoms. The summed E-state index contributed by atoms with van der Waals surface area (Å²) in [5.74, 6) is -0.388. The number of benzene rings is 1. The number of hydrogen-bond acceptors (Lipinski definition) is 6. The summed E-state index contributed by atoms with van der Waals surface area (Å²) in [4.78, 5) is 16.6. The molecule has 2 aromatic heterocycles. The van der Waals surface area contributed by atoms with Crippen molar-refractivity contribution in [1.29, 1.82) is 5.26 Å². The van der Waals surface area contributed by atoms with Crippen LogP contribution in [0.4, 0.5) is 0 Å². The molecule has 8 nitrogen and oxygen atoms in total. The van der Waals surface area contributed by atoms with Gasteiger partial charge in [-0.15, -0.1) is 0 Å². The molecule has 1 N–H and O–H groups in total. The zero-order chi connectivity index (χ0) is 25.7. The van der Waals surface area contributed by atoms with E-state index >= 15 is 0 Å². The van der Waals surface area contributed by atoms with Gasteiger partial charge in [-0.2, -0.15) is 10.4 Å². The summed E-state index contributed by atoms with van der Waals surface area (Å²) < 4.78 is 13.6. The highest BCUT2D eigenvalue weighted by Gasteiger charge is 2.18. The molecule has 0 saturated heterocycles. The fourth-order valence-corrected chi connectivity index (χ4v) is 4.22. The predicted molar refractivity (Wildman–Crippen MR) is 138 cm³/mol. The number of nitrogens with zero attached hydrogens (tertiary/aromatic N) is 4. The average molecular weight is 538 g/mol. The second-order valence-electron chi connectivity index (χ2n) is 8.18. The van der Waals surface area contributed by atoms with Crippen LogP contribution in [0.2, 0.25) is 0 Å². The van der Waals surface area contributed by atoms with E-state index in [9.17, 15) is 10.1 Å². The van der Waals surface area contributed by atoms with Crippen molar-refractivity contribution >= 4 is 28.1 Å². The van der Waals surface area contributed by atoms with Gasteiger partial charge >= 0.3 is 0 Å². The van der Waals surface area contributed by atoms with E-state index in [2.05, 4.69) is 68.1 Å². The average Bonchev–Trinajstić information content (AvgIpc) is 3.10. The highest BCUT2D eigenvalue weighted by Crippen LogP contribution is 2.30. The normalized spacial score (nSPS) is 11.0. The Morgan fingerprint density at radius 3 is 2.71 bits per heavy atom. The predicted octanol–water partition coefficient (Wildman–Crippen LogP) is 4.72. The van der Waals surface area contributed by atoms with Crippen LogP contribution in [0.1, 0.15) is 44.9 Å². The number of methoxy groups -OCH3 is 1. The van der Waals surface area contributed by atoms with E-state index in [0.29, 0.717) is 15.7 Å². The van der Waals surface area contributed by atoms with Crippen LogP contribution in [-0.2, 0) is 16.1 Å². The highest BCUT2D eigenvalue weighted by molar-refractivity contribution is 9.10. The summed E-state index contributed by atoms with van der Waals surface area (Å²) in [6.45, 7) is 9.90. The van der Waals surface area contributed by atoms with Crippen molar-refractivity contribution in [3.05, 3.63) is 73.6 Å². The Hall–Kier alpha value is -3.48. The second kappa shape index (κ2) is 11.3. The van der Waals surface area contributed by atoms with E-state index in [4.69, 9.17) is 9.47 Å². The van der Waals surface area contributed by atoms with Crippen LogP contribution in [0.5, 0.6) is 5.88 Å². The molecule has 0 aliphatic carbocycles. The summed E-state index contributed by atoms with van der Waals surface area (Å²) >= 11 is 3.43. The van der Waals surface area contributed by atoms with Crippen LogP contribution in [-0.4, -0.2) is 35.4 Å². The maximum atomic E-state index is 12.3. The van der Waals surface area contributed by atoms with Gasteiger partial charge in [0, 0.05) is 39.8 Å². The molecular formula is C26H28BrN5O3. The van der Waals surface area contributed by atoms with Crippen LogP contribution in [0, 0.1) is 45.9 Å². The van der Waals surface area contributed by atoms with E-state index < -0.39 is 5.91 Å². The molecule has 9 heteroatoms. The third kappa shape index (κ3) is 5.61. The minimum atomic E-state index is -0.468. The molecule has 0 aliphatic rings. The largest absolute Gasteiger partial charge is 0.467 e. The van der Waals surface area contributed by atoms with Crippen molar-refractivity contribution in [2.24, 2.45) is 5.10 Å². The molecule has 3 rings (SSSR count). The summed E-state index contributed by atoms with van der Waals surface area (Å²) in [7, 11) is 1.54. The number of ether oxygens (including phenoxy) is 2.